The Hall–Kier alpha value is -8.80. The van der Waals surface area contributed by atoms with Gasteiger partial charge in [0.15, 0.2) is 0 Å². The largest absolute Gasteiger partial charge is 0.462 e. The summed E-state index contributed by atoms with van der Waals surface area (Å²) < 4.78 is 21.2. The summed E-state index contributed by atoms with van der Waals surface area (Å²) in [5.41, 5.74) is 15.7. The molecule has 0 unspecified atom stereocenters. The van der Waals surface area contributed by atoms with Crippen LogP contribution >= 0.6 is 11.3 Å². The Morgan fingerprint density at radius 2 is 0.773 bits per heavy atom. The maximum Gasteiger partial charge on any atom is 0.335 e. The molecule has 0 amide bonds. The van der Waals surface area contributed by atoms with Crippen LogP contribution in [0, 0.1) is 27.7 Å². The van der Waals surface area contributed by atoms with E-state index in [1.807, 2.05) is 26.0 Å². The van der Waals surface area contributed by atoms with E-state index in [-0.39, 0.29) is 25.6 Å². The molecule has 0 aliphatic carbocycles. The Morgan fingerprint density at radius 3 is 1.13 bits per heavy atom. The molecule has 0 aliphatic rings. The maximum atomic E-state index is 12.1. The average Bonchev–Trinajstić information content (AvgIpc) is 3.91. The van der Waals surface area contributed by atoms with Crippen molar-refractivity contribution in [3.8, 4) is 20.9 Å². The number of aryl methyl sites for hydroxylation is 4. The first-order valence-corrected chi connectivity index (χ1v) is 25.2. The number of thiophene rings is 1. The highest BCUT2D eigenvalue weighted by Crippen LogP contribution is 2.42. The Morgan fingerprint density at radius 1 is 0.440 bits per heavy atom. The Bertz CT molecular complexity index is 3210. The average molecular weight is 1020 g/mol. The van der Waals surface area contributed by atoms with E-state index in [2.05, 4.69) is 178 Å². The number of benzene rings is 6. The number of hydrogen-bond acceptors (Lipinski definition) is 11. The fourth-order valence-corrected chi connectivity index (χ4v) is 9.92. The van der Waals surface area contributed by atoms with Crippen molar-refractivity contribution in [2.45, 2.75) is 47.0 Å². The van der Waals surface area contributed by atoms with Gasteiger partial charge in [0, 0.05) is 93.0 Å². The van der Waals surface area contributed by atoms with E-state index in [4.69, 9.17) is 18.9 Å². The first kappa shape index (κ1) is 54.0. The van der Waals surface area contributed by atoms with Crippen molar-refractivity contribution in [3.05, 3.63) is 235 Å². The van der Waals surface area contributed by atoms with Gasteiger partial charge in [-0.25, -0.2) is 19.2 Å². The predicted molar refractivity (Wildman–Crippen MR) is 303 cm³/mol. The van der Waals surface area contributed by atoms with Crippen molar-refractivity contribution in [3.63, 3.8) is 0 Å². The summed E-state index contributed by atoms with van der Waals surface area (Å²) in [6.07, 6.45) is 6.33. The molecule has 1 aromatic heterocycles. The molecule has 0 aliphatic heterocycles. The molecule has 0 fully saturated rings. The molecule has 0 bridgehead atoms. The molecular formula is C64H60N2O8S. The van der Waals surface area contributed by atoms with Crippen molar-refractivity contribution < 1.29 is 38.1 Å². The first-order chi connectivity index (χ1) is 36.2. The molecule has 75 heavy (non-hydrogen) atoms. The summed E-state index contributed by atoms with van der Waals surface area (Å²) >= 11 is 1.72. The predicted octanol–water partition coefficient (Wildman–Crippen LogP) is 14.8. The zero-order valence-electron chi connectivity index (χ0n) is 42.9. The highest BCUT2D eigenvalue weighted by atomic mass is 32.1. The minimum atomic E-state index is -0.571. The van der Waals surface area contributed by atoms with Crippen molar-refractivity contribution in [2.24, 2.45) is 0 Å². The van der Waals surface area contributed by atoms with Crippen molar-refractivity contribution in [2.75, 3.05) is 29.6 Å². The van der Waals surface area contributed by atoms with Gasteiger partial charge in [-0.3, -0.25) is 0 Å². The van der Waals surface area contributed by atoms with E-state index in [0.717, 1.165) is 112 Å². The highest BCUT2D eigenvalue weighted by molar-refractivity contribution is 7.18. The minimum absolute atomic E-state index is 0.246. The molecule has 7 aromatic rings. The van der Waals surface area contributed by atoms with Crippen LogP contribution in [-0.4, -0.2) is 43.7 Å². The van der Waals surface area contributed by atoms with Crippen LogP contribution in [0.25, 0.3) is 26.6 Å². The number of carbonyl (C=O) groups excluding carboxylic acids is 4. The van der Waals surface area contributed by atoms with Gasteiger partial charge in [-0.2, -0.15) is 0 Å². The fraction of sp³-hybridized carbons (Fsp3) is 0.156. The second kappa shape index (κ2) is 25.2. The summed E-state index contributed by atoms with van der Waals surface area (Å²) in [6, 6.07) is 46.2. The third-order valence-electron chi connectivity index (χ3n) is 12.6. The molecule has 11 heteroatoms. The van der Waals surface area contributed by atoms with E-state index in [9.17, 15) is 19.2 Å². The normalized spacial score (nSPS) is 10.7. The lowest BCUT2D eigenvalue weighted by molar-refractivity contribution is -0.138. The van der Waals surface area contributed by atoms with E-state index < -0.39 is 23.9 Å². The van der Waals surface area contributed by atoms with E-state index in [1.165, 1.54) is 12.2 Å². The van der Waals surface area contributed by atoms with Crippen LogP contribution in [0.3, 0.4) is 0 Å². The molecule has 6 aromatic carbocycles. The quantitative estimate of drug-likeness (QED) is 0.0266. The molecule has 380 valence electrons. The molecule has 0 spiro atoms. The van der Waals surface area contributed by atoms with Gasteiger partial charge < -0.3 is 28.7 Å². The number of nitrogens with zero attached hydrogens (tertiary/aromatic N) is 2. The van der Waals surface area contributed by atoms with E-state index in [0.29, 0.717) is 19.3 Å². The Labute approximate surface area is 443 Å². The summed E-state index contributed by atoms with van der Waals surface area (Å²) in [5.74, 6) is -1.65. The summed E-state index contributed by atoms with van der Waals surface area (Å²) in [7, 11) is 0. The second-order valence-corrected chi connectivity index (χ2v) is 18.8. The van der Waals surface area contributed by atoms with Crippen LogP contribution in [0.2, 0.25) is 0 Å². The third-order valence-corrected chi connectivity index (χ3v) is 13.7. The van der Waals surface area contributed by atoms with Gasteiger partial charge in [-0.1, -0.05) is 81.4 Å². The number of anilines is 6. The van der Waals surface area contributed by atoms with Gasteiger partial charge in [-0.05, 0) is 163 Å². The van der Waals surface area contributed by atoms with E-state index in [1.54, 1.807) is 11.3 Å². The summed E-state index contributed by atoms with van der Waals surface area (Å²) in [6.45, 7) is 26.9. The number of ether oxygens (including phenoxy) is 4. The van der Waals surface area contributed by atoms with Crippen LogP contribution < -0.4 is 9.80 Å². The van der Waals surface area contributed by atoms with Gasteiger partial charge in [0.2, 0.25) is 0 Å². The van der Waals surface area contributed by atoms with Crippen LogP contribution in [0.15, 0.2) is 191 Å². The molecule has 0 atom stereocenters. The summed E-state index contributed by atoms with van der Waals surface area (Å²) in [4.78, 5) is 53.8. The Kier molecular flexibility index (Phi) is 18.2. The lowest BCUT2D eigenvalue weighted by Gasteiger charge is -2.27. The van der Waals surface area contributed by atoms with Crippen molar-refractivity contribution in [1.82, 2.24) is 0 Å². The molecule has 10 nitrogen and oxygen atoms in total. The molecule has 0 saturated carbocycles. The molecule has 0 radical (unpaired) electrons. The van der Waals surface area contributed by atoms with E-state index >= 15 is 0 Å². The van der Waals surface area contributed by atoms with Gasteiger partial charge >= 0.3 is 23.9 Å². The standard InChI is InChI=1S/C64H60N2O8S/c1-10-60(67)71-35-32-47-14-22-51(23-15-47)65(55-38-42(5)57(43(6)39-55)34-37-73-62(69)12-3)53-26-18-49(19-27-53)58-30-31-59(75-58)50-20-28-54(29-21-50)66(52-24-16-48(17-25-52)33-36-72-61(68)11-2)56-40-44(7)64(45(8)41-56)46(9)74-63(70)13-4/h10-31,38-41H,1-4,9,32-37H2,5-8H3. The molecular weight excluding hydrogens is 957 g/mol. The first-order valence-electron chi connectivity index (χ1n) is 24.4. The summed E-state index contributed by atoms with van der Waals surface area (Å²) in [5, 5.41) is 0. The third kappa shape index (κ3) is 13.6. The van der Waals surface area contributed by atoms with Gasteiger partial charge in [0.25, 0.3) is 0 Å². The van der Waals surface area contributed by atoms with Crippen LogP contribution in [0.5, 0.6) is 0 Å². The van der Waals surface area contributed by atoms with Crippen LogP contribution in [0.4, 0.5) is 34.1 Å². The van der Waals surface area contributed by atoms with Crippen molar-refractivity contribution >= 4 is 75.1 Å². The molecule has 7 rings (SSSR count). The molecule has 0 N–H and O–H groups in total. The monoisotopic (exact) mass is 1020 g/mol. The lowest BCUT2D eigenvalue weighted by Crippen LogP contribution is -2.12. The zero-order chi connectivity index (χ0) is 53.6. The maximum absolute atomic E-state index is 12.1. The number of hydrogen-bond donors (Lipinski definition) is 0. The van der Waals surface area contributed by atoms with Gasteiger partial charge in [0.05, 0.1) is 19.8 Å². The lowest BCUT2D eigenvalue weighted by atomic mass is 9.98. The number of esters is 4. The zero-order valence-corrected chi connectivity index (χ0v) is 43.7. The smallest absolute Gasteiger partial charge is 0.335 e. The topological polar surface area (TPSA) is 112 Å². The van der Waals surface area contributed by atoms with Crippen molar-refractivity contribution in [1.29, 1.82) is 0 Å². The van der Waals surface area contributed by atoms with Crippen LogP contribution in [-0.2, 0) is 57.4 Å². The van der Waals surface area contributed by atoms with Gasteiger partial charge in [0.1, 0.15) is 5.76 Å². The fourth-order valence-electron chi connectivity index (χ4n) is 8.90. The van der Waals surface area contributed by atoms with Gasteiger partial charge in [-0.15, -0.1) is 11.3 Å². The van der Waals surface area contributed by atoms with Crippen LogP contribution in [0.1, 0.15) is 44.5 Å². The second-order valence-electron chi connectivity index (χ2n) is 17.7. The Balaban J connectivity index is 1.16. The highest BCUT2D eigenvalue weighted by Gasteiger charge is 2.20. The molecule has 1 heterocycles. The minimum Gasteiger partial charge on any atom is -0.462 e. The number of carbonyl (C=O) groups is 4. The number of rotatable bonds is 23. The molecule has 0 saturated heterocycles. The SMILES string of the molecule is C=CC(=O)OCCc1ccc(N(c2ccc(-c3ccc(-c4ccc(N(c5ccc(CCOC(=O)C=C)cc5)c5cc(C)c(C(=C)OC(=O)C=C)c(C)c5)cc4)s3)cc2)c2cc(C)c(CCOC(=O)C=C)c(C)c2)cc1.